The zero-order chi connectivity index (χ0) is 23.3. The second-order valence-corrected chi connectivity index (χ2v) is 8.54. The number of ether oxygens (including phenoxy) is 2. The van der Waals surface area contributed by atoms with Crippen LogP contribution in [-0.2, 0) is 11.3 Å². The first-order valence-corrected chi connectivity index (χ1v) is 11.6. The van der Waals surface area contributed by atoms with Gasteiger partial charge in [0.05, 0.1) is 25.3 Å². The molecule has 172 valence electrons. The topological polar surface area (TPSA) is 59.8 Å². The Kier molecular flexibility index (Phi) is 6.49. The van der Waals surface area contributed by atoms with E-state index in [1.807, 2.05) is 54.7 Å². The highest BCUT2D eigenvalue weighted by Gasteiger charge is 2.18. The fraction of sp³-hybridized carbons (Fsp3) is 0.250. The lowest BCUT2D eigenvalue weighted by molar-refractivity contribution is 0.122. The van der Waals surface area contributed by atoms with Gasteiger partial charge in [-0.1, -0.05) is 42.0 Å². The molecule has 0 amide bonds. The van der Waals surface area contributed by atoms with Gasteiger partial charge in [0, 0.05) is 24.7 Å². The van der Waals surface area contributed by atoms with Gasteiger partial charge in [-0.2, -0.15) is 0 Å². The molecule has 1 saturated heterocycles. The lowest BCUT2D eigenvalue weighted by Gasteiger charge is -2.29. The van der Waals surface area contributed by atoms with Crippen molar-refractivity contribution in [3.05, 3.63) is 89.2 Å². The van der Waals surface area contributed by atoms with E-state index in [1.54, 1.807) is 0 Å². The minimum Gasteiger partial charge on any atom is -0.457 e. The molecule has 0 bridgehead atoms. The van der Waals surface area contributed by atoms with E-state index in [-0.39, 0.29) is 0 Å². The Hall–Kier alpha value is -3.77. The number of aryl methyl sites for hydroxylation is 2. The van der Waals surface area contributed by atoms with E-state index in [2.05, 4.69) is 41.9 Å². The first-order valence-electron chi connectivity index (χ1n) is 11.6. The largest absolute Gasteiger partial charge is 0.457 e. The highest BCUT2D eigenvalue weighted by atomic mass is 16.5. The van der Waals surface area contributed by atoms with Crippen LogP contribution in [0.3, 0.4) is 0 Å². The molecule has 0 radical (unpaired) electrons. The Morgan fingerprint density at radius 2 is 1.68 bits per heavy atom. The summed E-state index contributed by atoms with van der Waals surface area (Å²) in [4.78, 5) is 16.6. The third-order valence-electron chi connectivity index (χ3n) is 5.74. The quantitative estimate of drug-likeness (QED) is 0.362. The summed E-state index contributed by atoms with van der Waals surface area (Å²) in [5.41, 5.74) is 4.33. The number of anilines is 1. The van der Waals surface area contributed by atoms with Gasteiger partial charge in [0.15, 0.2) is 5.82 Å². The molecular formula is C28H28N4O2. The molecule has 0 aliphatic carbocycles. The van der Waals surface area contributed by atoms with Crippen molar-refractivity contribution in [2.24, 2.45) is 4.99 Å². The molecule has 4 aromatic rings. The van der Waals surface area contributed by atoms with Gasteiger partial charge in [-0.3, -0.25) is 4.99 Å². The molecule has 3 aromatic carbocycles. The predicted octanol–water partition coefficient (Wildman–Crippen LogP) is 5.49. The molecule has 1 aromatic heterocycles. The third-order valence-corrected chi connectivity index (χ3v) is 5.74. The van der Waals surface area contributed by atoms with Gasteiger partial charge in [0.2, 0.25) is 0 Å². The Morgan fingerprint density at radius 3 is 2.47 bits per heavy atom. The summed E-state index contributed by atoms with van der Waals surface area (Å²) in [6.45, 7) is 7.51. The molecule has 2 heterocycles. The summed E-state index contributed by atoms with van der Waals surface area (Å²) in [7, 11) is 0. The van der Waals surface area contributed by atoms with E-state index >= 15 is 0 Å². The Labute approximate surface area is 199 Å². The summed E-state index contributed by atoms with van der Waals surface area (Å²) < 4.78 is 11.7. The van der Waals surface area contributed by atoms with Crippen LogP contribution in [0.1, 0.15) is 22.5 Å². The molecule has 0 spiro atoms. The van der Waals surface area contributed by atoms with Crippen molar-refractivity contribution in [1.29, 1.82) is 0 Å². The minimum atomic E-state index is 0.419. The lowest BCUT2D eigenvalue weighted by atomic mass is 10.1. The predicted molar refractivity (Wildman–Crippen MR) is 136 cm³/mol. The summed E-state index contributed by atoms with van der Waals surface area (Å²) in [6, 6.07) is 22.3. The summed E-state index contributed by atoms with van der Waals surface area (Å²) in [6.07, 6.45) is 1.88. The summed E-state index contributed by atoms with van der Waals surface area (Å²) >= 11 is 0. The highest BCUT2D eigenvalue weighted by molar-refractivity contribution is 5.91. The number of fused-ring (bicyclic) bond motifs is 1. The van der Waals surface area contributed by atoms with E-state index in [0.717, 1.165) is 52.4 Å². The maximum absolute atomic E-state index is 6.14. The van der Waals surface area contributed by atoms with Crippen molar-refractivity contribution in [3.8, 4) is 11.5 Å². The summed E-state index contributed by atoms with van der Waals surface area (Å²) in [5.74, 6) is 3.19. The Morgan fingerprint density at radius 1 is 0.912 bits per heavy atom. The van der Waals surface area contributed by atoms with Crippen LogP contribution in [0.2, 0.25) is 0 Å². The van der Waals surface area contributed by atoms with E-state index in [0.29, 0.717) is 25.6 Å². The minimum absolute atomic E-state index is 0.419. The molecule has 0 saturated carbocycles. The molecule has 1 aliphatic rings. The second-order valence-electron chi connectivity index (χ2n) is 8.54. The van der Waals surface area contributed by atoms with Gasteiger partial charge in [0.1, 0.15) is 17.3 Å². The van der Waals surface area contributed by atoms with Gasteiger partial charge in [-0.25, -0.2) is 9.97 Å². The zero-order valence-corrected chi connectivity index (χ0v) is 19.6. The number of rotatable bonds is 6. The van der Waals surface area contributed by atoms with Crippen molar-refractivity contribution >= 4 is 22.9 Å². The normalized spacial score (nSPS) is 14.1. The van der Waals surface area contributed by atoms with Gasteiger partial charge in [-0.15, -0.1) is 0 Å². The first-order chi connectivity index (χ1) is 16.6. The number of aromatic nitrogens is 2. The SMILES string of the molecule is Cc1cccc(C=NCc2nc(N3CCOCC3)c3cc(Oc4cccc(C)c4)ccc3n2)c1. The number of hydrogen-bond acceptors (Lipinski definition) is 6. The third kappa shape index (κ3) is 5.24. The molecule has 0 N–H and O–H groups in total. The van der Waals surface area contributed by atoms with Crippen molar-refractivity contribution in [1.82, 2.24) is 9.97 Å². The maximum atomic E-state index is 6.14. The Balaban J connectivity index is 1.47. The van der Waals surface area contributed by atoms with Crippen LogP contribution in [0.5, 0.6) is 11.5 Å². The molecule has 0 atom stereocenters. The van der Waals surface area contributed by atoms with Crippen LogP contribution >= 0.6 is 0 Å². The summed E-state index contributed by atoms with van der Waals surface area (Å²) in [5, 5.41) is 0.971. The second kappa shape index (κ2) is 10.0. The number of morpholine rings is 1. The molecule has 1 fully saturated rings. The maximum Gasteiger partial charge on any atom is 0.152 e. The zero-order valence-electron chi connectivity index (χ0n) is 19.6. The van der Waals surface area contributed by atoms with Gasteiger partial charge in [-0.05, 0) is 55.3 Å². The molecule has 6 nitrogen and oxygen atoms in total. The van der Waals surface area contributed by atoms with Gasteiger partial charge in [0.25, 0.3) is 0 Å². The van der Waals surface area contributed by atoms with Gasteiger partial charge < -0.3 is 14.4 Å². The van der Waals surface area contributed by atoms with Crippen LogP contribution in [-0.4, -0.2) is 42.5 Å². The number of nitrogens with zero attached hydrogens (tertiary/aromatic N) is 4. The van der Waals surface area contributed by atoms with Crippen LogP contribution in [0.15, 0.2) is 71.7 Å². The molecule has 6 heteroatoms. The first kappa shape index (κ1) is 22.0. The lowest BCUT2D eigenvalue weighted by Crippen LogP contribution is -2.37. The molecule has 34 heavy (non-hydrogen) atoms. The Bertz CT molecular complexity index is 1330. The van der Waals surface area contributed by atoms with Crippen molar-refractivity contribution < 1.29 is 9.47 Å². The fourth-order valence-corrected chi connectivity index (χ4v) is 4.09. The van der Waals surface area contributed by atoms with E-state index in [9.17, 15) is 0 Å². The number of hydrogen-bond donors (Lipinski definition) is 0. The van der Waals surface area contributed by atoms with Crippen molar-refractivity contribution in [3.63, 3.8) is 0 Å². The van der Waals surface area contributed by atoms with E-state index < -0.39 is 0 Å². The van der Waals surface area contributed by atoms with Crippen molar-refractivity contribution in [2.75, 3.05) is 31.2 Å². The average Bonchev–Trinajstić information content (AvgIpc) is 2.84. The van der Waals surface area contributed by atoms with Crippen LogP contribution in [0.4, 0.5) is 5.82 Å². The molecular weight excluding hydrogens is 424 g/mol. The average molecular weight is 453 g/mol. The smallest absolute Gasteiger partial charge is 0.152 e. The number of aliphatic imine (C=N–C) groups is 1. The fourth-order valence-electron chi connectivity index (χ4n) is 4.09. The van der Waals surface area contributed by atoms with E-state index in [4.69, 9.17) is 19.4 Å². The molecule has 1 aliphatic heterocycles. The van der Waals surface area contributed by atoms with E-state index in [1.165, 1.54) is 5.56 Å². The van der Waals surface area contributed by atoms with Crippen LogP contribution < -0.4 is 9.64 Å². The monoisotopic (exact) mass is 452 g/mol. The standard InChI is InChI=1S/C28H28N4O2/c1-20-5-3-7-22(15-20)18-29-19-27-30-26-10-9-24(34-23-8-4-6-21(2)16-23)17-25(26)28(31-27)32-11-13-33-14-12-32/h3-10,15-18H,11-14,19H2,1-2H3. The molecule has 5 rings (SSSR count). The van der Waals surface area contributed by atoms with Crippen molar-refractivity contribution in [2.45, 2.75) is 20.4 Å². The van der Waals surface area contributed by atoms with Crippen LogP contribution in [0.25, 0.3) is 10.9 Å². The van der Waals surface area contributed by atoms with Crippen LogP contribution in [0, 0.1) is 13.8 Å². The number of benzene rings is 3. The highest BCUT2D eigenvalue weighted by Crippen LogP contribution is 2.31. The van der Waals surface area contributed by atoms with Gasteiger partial charge >= 0.3 is 0 Å². The molecule has 0 unspecified atom stereocenters.